The second-order valence-corrected chi connectivity index (χ2v) is 4.39. The van der Waals surface area contributed by atoms with E-state index < -0.39 is 4.92 Å². The van der Waals surface area contributed by atoms with Crippen LogP contribution in [0.5, 0.6) is 0 Å². The van der Waals surface area contributed by atoms with Crippen LogP contribution in [-0.4, -0.2) is 33.9 Å². The van der Waals surface area contributed by atoms with Crippen LogP contribution >= 0.6 is 0 Å². The number of carbonyl (C=O) groups excluding carboxylic acids is 1. The van der Waals surface area contributed by atoms with Crippen molar-refractivity contribution in [2.75, 3.05) is 23.7 Å². The van der Waals surface area contributed by atoms with E-state index in [4.69, 9.17) is 11.5 Å². The predicted octanol–water partition coefficient (Wildman–Crippen LogP) is -0.331. The highest BCUT2D eigenvalue weighted by Crippen LogP contribution is 2.24. The third-order valence-corrected chi connectivity index (χ3v) is 3.09. The molecule has 1 saturated heterocycles. The number of amides is 1. The minimum Gasteiger partial charge on any atom is -0.378 e. The van der Waals surface area contributed by atoms with Crippen LogP contribution < -0.4 is 16.4 Å². The topological polar surface area (TPSA) is 141 Å². The average Bonchev–Trinajstić information content (AvgIpc) is 2.38. The summed E-state index contributed by atoms with van der Waals surface area (Å²) in [5.74, 6) is -0.515. The third-order valence-electron chi connectivity index (χ3n) is 3.09. The molecule has 0 saturated carbocycles. The van der Waals surface area contributed by atoms with Gasteiger partial charge in [0.1, 0.15) is 6.20 Å². The van der Waals surface area contributed by atoms with Crippen LogP contribution in [0, 0.1) is 16.0 Å². The number of anilines is 2. The number of nitrogens with two attached hydrogens (primary N) is 2. The number of nitrogens with zero attached hydrogens (tertiary/aromatic N) is 4. The quantitative estimate of drug-likeness (QED) is 0.563. The first-order valence-electron chi connectivity index (χ1n) is 5.80. The Labute approximate surface area is 108 Å². The van der Waals surface area contributed by atoms with Gasteiger partial charge >= 0.3 is 5.69 Å². The first-order chi connectivity index (χ1) is 8.99. The molecule has 9 nitrogen and oxygen atoms in total. The zero-order chi connectivity index (χ0) is 14.0. The lowest BCUT2D eigenvalue weighted by Crippen LogP contribution is -2.42. The Kier molecular flexibility index (Phi) is 3.45. The lowest BCUT2D eigenvalue weighted by atomic mass is 9.98. The third kappa shape index (κ3) is 2.69. The smallest absolute Gasteiger partial charge is 0.329 e. The Morgan fingerprint density at radius 2 is 2.32 bits per heavy atom. The number of hydrogen-bond donors (Lipinski definition) is 2. The van der Waals surface area contributed by atoms with Crippen molar-refractivity contribution in [2.45, 2.75) is 12.8 Å². The Morgan fingerprint density at radius 3 is 2.89 bits per heavy atom. The largest absolute Gasteiger partial charge is 0.378 e. The molecule has 1 amide bonds. The molecule has 102 valence electrons. The molecule has 0 spiro atoms. The van der Waals surface area contributed by atoms with E-state index in [2.05, 4.69) is 9.97 Å². The van der Waals surface area contributed by atoms with E-state index in [1.807, 2.05) is 0 Å². The lowest BCUT2D eigenvalue weighted by Gasteiger charge is -2.31. The van der Waals surface area contributed by atoms with E-state index >= 15 is 0 Å². The van der Waals surface area contributed by atoms with Crippen molar-refractivity contribution in [3.05, 3.63) is 16.3 Å². The molecule has 1 aromatic heterocycles. The number of carbonyl (C=O) groups is 1. The van der Waals surface area contributed by atoms with E-state index in [1.165, 1.54) is 0 Å². The predicted molar refractivity (Wildman–Crippen MR) is 67.2 cm³/mol. The summed E-state index contributed by atoms with van der Waals surface area (Å²) in [5, 5.41) is 10.6. The molecule has 1 aliphatic rings. The Morgan fingerprint density at radius 1 is 1.58 bits per heavy atom. The van der Waals surface area contributed by atoms with Crippen molar-refractivity contribution in [1.29, 1.82) is 0 Å². The molecule has 0 radical (unpaired) electrons. The molecule has 4 N–H and O–H groups in total. The molecule has 19 heavy (non-hydrogen) atoms. The normalized spacial score (nSPS) is 19.2. The van der Waals surface area contributed by atoms with Gasteiger partial charge in [0.15, 0.2) is 0 Å². The maximum atomic E-state index is 11.2. The molecule has 1 unspecified atom stereocenters. The van der Waals surface area contributed by atoms with Crippen LogP contribution in [0.1, 0.15) is 12.8 Å². The molecule has 2 heterocycles. The van der Waals surface area contributed by atoms with Gasteiger partial charge in [-0.1, -0.05) is 0 Å². The second-order valence-electron chi connectivity index (χ2n) is 4.39. The Bertz CT molecular complexity index is 520. The average molecular weight is 266 g/mol. The number of nitrogen functional groups attached to an aromatic ring is 1. The highest BCUT2D eigenvalue weighted by Gasteiger charge is 2.26. The van der Waals surface area contributed by atoms with E-state index in [0.29, 0.717) is 13.1 Å². The van der Waals surface area contributed by atoms with Crippen molar-refractivity contribution in [2.24, 2.45) is 11.7 Å². The molecule has 1 aromatic rings. The van der Waals surface area contributed by atoms with Gasteiger partial charge in [0.2, 0.25) is 17.7 Å². The van der Waals surface area contributed by atoms with Gasteiger partial charge < -0.3 is 16.4 Å². The molecule has 0 aliphatic carbocycles. The fourth-order valence-electron chi connectivity index (χ4n) is 2.06. The van der Waals surface area contributed by atoms with E-state index in [9.17, 15) is 14.9 Å². The zero-order valence-corrected chi connectivity index (χ0v) is 10.2. The number of hydrogen-bond acceptors (Lipinski definition) is 7. The first-order valence-corrected chi connectivity index (χ1v) is 5.80. The van der Waals surface area contributed by atoms with Gasteiger partial charge in [-0.2, -0.15) is 4.98 Å². The number of primary amides is 1. The van der Waals surface area contributed by atoms with Gasteiger partial charge in [-0.15, -0.1) is 0 Å². The van der Waals surface area contributed by atoms with Crippen molar-refractivity contribution in [3.63, 3.8) is 0 Å². The summed E-state index contributed by atoms with van der Waals surface area (Å²) < 4.78 is 0. The second kappa shape index (κ2) is 5.04. The minimum atomic E-state index is -0.637. The van der Waals surface area contributed by atoms with Gasteiger partial charge in [-0.05, 0) is 12.8 Å². The molecule has 1 fully saturated rings. The van der Waals surface area contributed by atoms with Crippen LogP contribution in [0.15, 0.2) is 6.20 Å². The summed E-state index contributed by atoms with van der Waals surface area (Å²) in [4.78, 5) is 30.8. The van der Waals surface area contributed by atoms with E-state index in [1.54, 1.807) is 4.90 Å². The minimum absolute atomic E-state index is 0.184. The summed E-state index contributed by atoms with van der Waals surface area (Å²) in [5.41, 5.74) is 10.5. The van der Waals surface area contributed by atoms with Gasteiger partial charge in [0.25, 0.3) is 0 Å². The molecule has 2 rings (SSSR count). The van der Waals surface area contributed by atoms with E-state index in [0.717, 1.165) is 19.0 Å². The van der Waals surface area contributed by atoms with E-state index in [-0.39, 0.29) is 29.3 Å². The summed E-state index contributed by atoms with van der Waals surface area (Å²) >= 11 is 0. The fourth-order valence-corrected chi connectivity index (χ4v) is 2.06. The lowest BCUT2D eigenvalue weighted by molar-refractivity contribution is -0.384. The number of aromatic nitrogens is 2. The van der Waals surface area contributed by atoms with Crippen LogP contribution in [0.4, 0.5) is 17.5 Å². The molecule has 1 atom stereocenters. The molecule has 9 heteroatoms. The van der Waals surface area contributed by atoms with Gasteiger partial charge in [0.05, 0.1) is 10.8 Å². The van der Waals surface area contributed by atoms with Gasteiger partial charge in [-0.3, -0.25) is 14.9 Å². The molecule has 1 aliphatic heterocycles. The molecular weight excluding hydrogens is 252 g/mol. The molecular formula is C10H14N6O3. The monoisotopic (exact) mass is 266 g/mol. The van der Waals surface area contributed by atoms with Gasteiger partial charge in [-0.25, -0.2) is 4.98 Å². The maximum absolute atomic E-state index is 11.2. The SMILES string of the molecule is NC(=O)C1CCCN(c2ncc([N+](=O)[O-])c(N)n2)C1. The van der Waals surface area contributed by atoms with Crippen molar-refractivity contribution >= 4 is 23.4 Å². The van der Waals surface area contributed by atoms with Crippen molar-refractivity contribution in [1.82, 2.24) is 9.97 Å². The summed E-state index contributed by atoms with van der Waals surface area (Å²) in [6.07, 6.45) is 2.59. The summed E-state index contributed by atoms with van der Waals surface area (Å²) in [7, 11) is 0. The standard InChI is InChI=1S/C10H14N6O3/c11-8-7(16(18)19)4-13-10(14-8)15-3-1-2-6(5-15)9(12)17/h4,6H,1-3,5H2,(H2,12,17)(H2,11,13,14). The first kappa shape index (κ1) is 13.0. The highest BCUT2D eigenvalue weighted by atomic mass is 16.6. The fraction of sp³-hybridized carbons (Fsp3) is 0.500. The van der Waals surface area contributed by atoms with Crippen LogP contribution in [0.2, 0.25) is 0 Å². The summed E-state index contributed by atoms with van der Waals surface area (Å²) in [6.45, 7) is 1.08. The van der Waals surface area contributed by atoms with Crippen LogP contribution in [-0.2, 0) is 4.79 Å². The van der Waals surface area contributed by atoms with Crippen molar-refractivity contribution < 1.29 is 9.72 Å². The highest BCUT2D eigenvalue weighted by molar-refractivity contribution is 5.77. The maximum Gasteiger partial charge on any atom is 0.329 e. The van der Waals surface area contributed by atoms with Gasteiger partial charge in [0, 0.05) is 13.1 Å². The number of nitro groups is 1. The number of rotatable bonds is 3. The molecule has 0 bridgehead atoms. The Balaban J connectivity index is 2.20. The summed E-state index contributed by atoms with van der Waals surface area (Å²) in [6, 6.07) is 0. The number of piperidine rings is 1. The molecule has 0 aromatic carbocycles. The van der Waals surface area contributed by atoms with Crippen LogP contribution in [0.3, 0.4) is 0 Å². The zero-order valence-electron chi connectivity index (χ0n) is 10.2. The van der Waals surface area contributed by atoms with Crippen LogP contribution in [0.25, 0.3) is 0 Å². The van der Waals surface area contributed by atoms with Crippen molar-refractivity contribution in [3.8, 4) is 0 Å². The Hall–Kier alpha value is -2.45.